The minimum Gasteiger partial charge on any atom is -0.387 e. The zero-order valence-electron chi connectivity index (χ0n) is 12.1. The molecule has 1 aromatic carbocycles. The summed E-state index contributed by atoms with van der Waals surface area (Å²) in [5.41, 5.74) is 0.183. The molecule has 1 aromatic rings. The Bertz CT molecular complexity index is 558. The van der Waals surface area contributed by atoms with Gasteiger partial charge in [0, 0.05) is 32.6 Å². The first-order chi connectivity index (χ1) is 10.5. The lowest BCUT2D eigenvalue weighted by Gasteiger charge is -2.34. The van der Waals surface area contributed by atoms with Gasteiger partial charge in [0.1, 0.15) is 18.2 Å². The number of carbonyl (C=O) groups is 2. The predicted octanol–water partition coefficient (Wildman–Crippen LogP) is 0.560. The molecule has 1 aliphatic rings. The number of rotatable bonds is 4. The van der Waals surface area contributed by atoms with E-state index in [4.69, 9.17) is 5.11 Å². The van der Waals surface area contributed by atoms with E-state index in [1.165, 1.54) is 4.90 Å². The third-order valence-corrected chi connectivity index (χ3v) is 3.74. The van der Waals surface area contributed by atoms with Crippen molar-refractivity contribution in [1.29, 1.82) is 0 Å². The van der Waals surface area contributed by atoms with Crippen LogP contribution in [0.4, 0.5) is 8.78 Å². The van der Waals surface area contributed by atoms with E-state index in [0.717, 1.165) is 18.2 Å². The number of piperazine rings is 1. The normalized spacial score (nSPS) is 15.0. The van der Waals surface area contributed by atoms with E-state index < -0.39 is 18.2 Å². The SMILES string of the molecule is O=C(CO)N1CCN(C(=O)CCc2cc(F)ccc2F)CC1. The number of benzene rings is 1. The minimum absolute atomic E-state index is 0.0916. The van der Waals surface area contributed by atoms with Gasteiger partial charge in [-0.2, -0.15) is 0 Å². The zero-order chi connectivity index (χ0) is 16.1. The molecule has 0 spiro atoms. The molecule has 0 aromatic heterocycles. The van der Waals surface area contributed by atoms with Gasteiger partial charge in [0.05, 0.1) is 0 Å². The zero-order valence-corrected chi connectivity index (χ0v) is 12.1. The molecule has 0 radical (unpaired) electrons. The van der Waals surface area contributed by atoms with Crippen LogP contribution in [-0.2, 0) is 16.0 Å². The average molecular weight is 312 g/mol. The van der Waals surface area contributed by atoms with Crippen LogP contribution in [0, 0.1) is 11.6 Å². The number of halogens is 2. The average Bonchev–Trinajstić information content (AvgIpc) is 2.54. The van der Waals surface area contributed by atoms with Crippen molar-refractivity contribution in [2.75, 3.05) is 32.8 Å². The molecule has 1 aliphatic heterocycles. The van der Waals surface area contributed by atoms with Crippen molar-refractivity contribution in [2.24, 2.45) is 0 Å². The number of aliphatic hydroxyl groups is 1. The number of amides is 2. The topological polar surface area (TPSA) is 60.9 Å². The molecule has 0 atom stereocenters. The Morgan fingerprint density at radius 2 is 1.64 bits per heavy atom. The monoisotopic (exact) mass is 312 g/mol. The lowest BCUT2D eigenvalue weighted by Crippen LogP contribution is -2.51. The highest BCUT2D eigenvalue weighted by atomic mass is 19.1. The van der Waals surface area contributed by atoms with E-state index in [9.17, 15) is 18.4 Å². The molecule has 0 saturated carbocycles. The van der Waals surface area contributed by atoms with Crippen molar-refractivity contribution in [3.63, 3.8) is 0 Å². The molecule has 120 valence electrons. The van der Waals surface area contributed by atoms with E-state index in [0.29, 0.717) is 26.2 Å². The molecular formula is C15H18F2N2O3. The largest absolute Gasteiger partial charge is 0.387 e. The van der Waals surface area contributed by atoms with E-state index in [2.05, 4.69) is 0 Å². The molecular weight excluding hydrogens is 294 g/mol. The van der Waals surface area contributed by atoms with Gasteiger partial charge in [0.2, 0.25) is 11.8 Å². The number of hydrogen-bond donors (Lipinski definition) is 1. The maximum atomic E-state index is 13.5. The minimum atomic E-state index is -0.535. The van der Waals surface area contributed by atoms with E-state index in [1.807, 2.05) is 0 Å². The van der Waals surface area contributed by atoms with Gasteiger partial charge in [-0.25, -0.2) is 8.78 Å². The van der Waals surface area contributed by atoms with Crippen molar-refractivity contribution < 1.29 is 23.5 Å². The number of aliphatic hydroxyl groups excluding tert-OH is 1. The van der Waals surface area contributed by atoms with E-state index in [-0.39, 0.29) is 30.2 Å². The first kappa shape index (κ1) is 16.4. The van der Waals surface area contributed by atoms with Crippen LogP contribution in [0.2, 0.25) is 0 Å². The van der Waals surface area contributed by atoms with Gasteiger partial charge < -0.3 is 14.9 Å². The van der Waals surface area contributed by atoms with Crippen LogP contribution in [-0.4, -0.2) is 59.5 Å². The van der Waals surface area contributed by atoms with Crippen molar-refractivity contribution in [1.82, 2.24) is 9.80 Å². The second-order valence-electron chi connectivity index (χ2n) is 5.16. The van der Waals surface area contributed by atoms with Crippen LogP contribution in [0.1, 0.15) is 12.0 Å². The predicted molar refractivity (Wildman–Crippen MR) is 74.9 cm³/mol. The van der Waals surface area contributed by atoms with Crippen LogP contribution in [0.3, 0.4) is 0 Å². The molecule has 5 nitrogen and oxygen atoms in total. The van der Waals surface area contributed by atoms with E-state index in [1.54, 1.807) is 4.90 Å². The Morgan fingerprint density at radius 1 is 1.05 bits per heavy atom. The highest BCUT2D eigenvalue weighted by Crippen LogP contribution is 2.13. The molecule has 1 N–H and O–H groups in total. The summed E-state index contributed by atoms with van der Waals surface area (Å²) in [4.78, 5) is 26.5. The third-order valence-electron chi connectivity index (χ3n) is 3.74. The fraction of sp³-hybridized carbons (Fsp3) is 0.467. The smallest absolute Gasteiger partial charge is 0.248 e. The molecule has 1 fully saturated rings. The van der Waals surface area contributed by atoms with Crippen molar-refractivity contribution >= 4 is 11.8 Å². The second-order valence-corrected chi connectivity index (χ2v) is 5.16. The maximum Gasteiger partial charge on any atom is 0.248 e. The summed E-state index contributed by atoms with van der Waals surface area (Å²) >= 11 is 0. The Morgan fingerprint density at radius 3 is 2.23 bits per heavy atom. The summed E-state index contributed by atoms with van der Waals surface area (Å²) < 4.78 is 26.5. The van der Waals surface area contributed by atoms with Gasteiger partial charge in [-0.1, -0.05) is 0 Å². The molecule has 7 heteroatoms. The summed E-state index contributed by atoms with van der Waals surface area (Å²) in [6.45, 7) is 0.984. The molecule has 0 unspecified atom stereocenters. The molecule has 2 rings (SSSR count). The molecule has 2 amide bonds. The van der Waals surface area contributed by atoms with E-state index >= 15 is 0 Å². The standard InChI is InChI=1S/C15H18F2N2O3/c16-12-2-3-13(17)11(9-12)1-4-14(21)18-5-7-19(8-6-18)15(22)10-20/h2-3,9,20H,1,4-8,10H2. The maximum absolute atomic E-state index is 13.5. The fourth-order valence-corrected chi connectivity index (χ4v) is 2.44. The van der Waals surface area contributed by atoms with Crippen LogP contribution >= 0.6 is 0 Å². The number of carbonyl (C=O) groups excluding carboxylic acids is 2. The van der Waals surface area contributed by atoms with Crippen molar-refractivity contribution in [3.05, 3.63) is 35.4 Å². The molecule has 0 bridgehead atoms. The summed E-state index contributed by atoms with van der Waals surface area (Å²) in [6.07, 6.45) is 0.229. The highest BCUT2D eigenvalue weighted by Gasteiger charge is 2.23. The first-order valence-electron chi connectivity index (χ1n) is 7.11. The van der Waals surface area contributed by atoms with Crippen molar-refractivity contribution in [3.8, 4) is 0 Å². The van der Waals surface area contributed by atoms with Gasteiger partial charge >= 0.3 is 0 Å². The number of aryl methyl sites for hydroxylation is 1. The van der Waals surface area contributed by atoms with Gasteiger partial charge in [0.25, 0.3) is 0 Å². The molecule has 1 heterocycles. The van der Waals surface area contributed by atoms with Crippen LogP contribution in [0.25, 0.3) is 0 Å². The van der Waals surface area contributed by atoms with Gasteiger partial charge in [0.15, 0.2) is 0 Å². The van der Waals surface area contributed by atoms with Crippen LogP contribution < -0.4 is 0 Å². The summed E-state index contributed by atoms with van der Waals surface area (Å²) in [5.74, 6) is -1.55. The van der Waals surface area contributed by atoms with Gasteiger partial charge in [-0.05, 0) is 30.2 Å². The third kappa shape index (κ3) is 4.00. The summed E-state index contributed by atoms with van der Waals surface area (Å²) in [5, 5.41) is 8.78. The Balaban J connectivity index is 1.83. The fourth-order valence-electron chi connectivity index (χ4n) is 2.44. The lowest BCUT2D eigenvalue weighted by atomic mass is 10.1. The second kappa shape index (κ2) is 7.31. The van der Waals surface area contributed by atoms with Gasteiger partial charge in [-0.15, -0.1) is 0 Å². The van der Waals surface area contributed by atoms with Gasteiger partial charge in [-0.3, -0.25) is 9.59 Å². The number of nitrogens with zero attached hydrogens (tertiary/aromatic N) is 2. The Hall–Kier alpha value is -2.02. The summed E-state index contributed by atoms with van der Waals surface area (Å²) in [7, 11) is 0. The Labute approximate surface area is 127 Å². The molecule has 1 saturated heterocycles. The highest BCUT2D eigenvalue weighted by molar-refractivity contribution is 5.79. The Kier molecular flexibility index (Phi) is 5.43. The number of hydrogen-bond acceptors (Lipinski definition) is 3. The quantitative estimate of drug-likeness (QED) is 0.884. The van der Waals surface area contributed by atoms with Crippen LogP contribution in [0.15, 0.2) is 18.2 Å². The summed E-state index contributed by atoms with van der Waals surface area (Å²) in [6, 6.07) is 3.19. The molecule has 22 heavy (non-hydrogen) atoms. The molecule has 0 aliphatic carbocycles. The van der Waals surface area contributed by atoms with Crippen LogP contribution in [0.5, 0.6) is 0 Å². The van der Waals surface area contributed by atoms with Crippen molar-refractivity contribution in [2.45, 2.75) is 12.8 Å². The lowest BCUT2D eigenvalue weighted by molar-refractivity contribution is -0.141. The first-order valence-corrected chi connectivity index (χ1v) is 7.11.